The summed E-state index contributed by atoms with van der Waals surface area (Å²) < 4.78 is 1.49. The Bertz CT molecular complexity index is 448. The van der Waals surface area contributed by atoms with Crippen LogP contribution in [0, 0.1) is 0 Å². The average Bonchev–Trinajstić information content (AvgIpc) is 2.36. The lowest BCUT2D eigenvalue weighted by atomic mass is 10.4. The van der Waals surface area contributed by atoms with Crippen molar-refractivity contribution in [2.75, 3.05) is 32.7 Å². The molecule has 6 heteroatoms. The molecule has 0 atom stereocenters. The van der Waals surface area contributed by atoms with Crippen LogP contribution in [-0.2, 0) is 6.54 Å². The number of hydrogen-bond acceptors (Lipinski definition) is 4. The SMILES string of the molecule is CCN(CC)CCNCCn1ccc(=O)[nH]c1=O. The van der Waals surface area contributed by atoms with Crippen LogP contribution in [0.25, 0.3) is 0 Å². The maximum absolute atomic E-state index is 11.4. The lowest BCUT2D eigenvalue weighted by molar-refractivity contribution is 0.301. The molecule has 0 spiro atoms. The molecule has 0 aliphatic carbocycles. The standard InChI is InChI=1S/C12H22N4O2/c1-3-15(4-2)9-6-13-7-10-16-8-5-11(17)14-12(16)18/h5,8,13H,3-4,6-7,9-10H2,1-2H3,(H,14,17,18). The predicted octanol–water partition coefficient (Wildman–Crippen LogP) is -0.532. The van der Waals surface area contributed by atoms with E-state index in [2.05, 4.69) is 29.0 Å². The smallest absolute Gasteiger partial charge is 0.314 e. The summed E-state index contributed by atoms with van der Waals surface area (Å²) in [6.07, 6.45) is 1.52. The van der Waals surface area contributed by atoms with Crippen LogP contribution in [0.4, 0.5) is 0 Å². The van der Waals surface area contributed by atoms with E-state index < -0.39 is 0 Å². The van der Waals surface area contributed by atoms with Crippen molar-refractivity contribution in [1.82, 2.24) is 19.8 Å². The van der Waals surface area contributed by atoms with Crippen molar-refractivity contribution >= 4 is 0 Å². The Labute approximate surface area is 107 Å². The molecule has 0 aliphatic rings. The first kappa shape index (κ1) is 14.7. The van der Waals surface area contributed by atoms with E-state index in [1.54, 1.807) is 0 Å². The summed E-state index contributed by atoms with van der Waals surface area (Å²) in [6.45, 7) is 9.58. The van der Waals surface area contributed by atoms with Gasteiger partial charge in [0.1, 0.15) is 0 Å². The van der Waals surface area contributed by atoms with E-state index in [0.29, 0.717) is 13.1 Å². The van der Waals surface area contributed by atoms with Crippen molar-refractivity contribution in [3.05, 3.63) is 33.1 Å². The van der Waals surface area contributed by atoms with Gasteiger partial charge in [0.05, 0.1) is 0 Å². The van der Waals surface area contributed by atoms with Gasteiger partial charge in [-0.1, -0.05) is 13.8 Å². The molecule has 0 saturated carbocycles. The molecule has 102 valence electrons. The topological polar surface area (TPSA) is 70.1 Å². The van der Waals surface area contributed by atoms with Gasteiger partial charge in [0, 0.05) is 38.4 Å². The van der Waals surface area contributed by atoms with Gasteiger partial charge in [0.2, 0.25) is 0 Å². The van der Waals surface area contributed by atoms with Gasteiger partial charge in [-0.15, -0.1) is 0 Å². The molecule has 6 nitrogen and oxygen atoms in total. The van der Waals surface area contributed by atoms with Crippen molar-refractivity contribution in [3.63, 3.8) is 0 Å². The van der Waals surface area contributed by atoms with E-state index in [0.717, 1.165) is 26.2 Å². The highest BCUT2D eigenvalue weighted by Gasteiger charge is 1.98. The minimum Gasteiger partial charge on any atom is -0.314 e. The summed E-state index contributed by atoms with van der Waals surface area (Å²) in [5.74, 6) is 0. The van der Waals surface area contributed by atoms with E-state index >= 15 is 0 Å². The summed E-state index contributed by atoms with van der Waals surface area (Å²) in [5.41, 5.74) is -0.709. The largest absolute Gasteiger partial charge is 0.328 e. The maximum Gasteiger partial charge on any atom is 0.328 e. The van der Waals surface area contributed by atoms with E-state index in [1.807, 2.05) is 0 Å². The van der Waals surface area contributed by atoms with Crippen LogP contribution in [0.5, 0.6) is 0 Å². The summed E-state index contributed by atoms with van der Waals surface area (Å²) >= 11 is 0. The van der Waals surface area contributed by atoms with Crippen LogP contribution in [0.15, 0.2) is 21.9 Å². The van der Waals surface area contributed by atoms with Crippen LogP contribution in [0.1, 0.15) is 13.8 Å². The molecule has 0 radical (unpaired) electrons. The summed E-state index contributed by atoms with van der Waals surface area (Å²) in [7, 11) is 0. The Balaban J connectivity index is 2.26. The van der Waals surface area contributed by atoms with Crippen molar-refractivity contribution in [2.45, 2.75) is 20.4 Å². The number of nitrogens with zero attached hydrogens (tertiary/aromatic N) is 2. The van der Waals surface area contributed by atoms with Crippen molar-refractivity contribution in [2.24, 2.45) is 0 Å². The van der Waals surface area contributed by atoms with Gasteiger partial charge in [-0.2, -0.15) is 0 Å². The molecule has 2 N–H and O–H groups in total. The average molecular weight is 254 g/mol. The molecular weight excluding hydrogens is 232 g/mol. The lowest BCUT2D eigenvalue weighted by Crippen LogP contribution is -2.35. The van der Waals surface area contributed by atoms with Gasteiger partial charge in [0.15, 0.2) is 0 Å². The Morgan fingerprint density at radius 2 is 2.00 bits per heavy atom. The molecule has 0 amide bonds. The van der Waals surface area contributed by atoms with Crippen LogP contribution >= 0.6 is 0 Å². The van der Waals surface area contributed by atoms with Crippen molar-refractivity contribution in [1.29, 1.82) is 0 Å². The number of hydrogen-bond donors (Lipinski definition) is 2. The summed E-state index contributed by atoms with van der Waals surface area (Å²) in [4.78, 5) is 26.8. The zero-order valence-corrected chi connectivity index (χ0v) is 11.1. The second kappa shape index (κ2) is 7.84. The highest BCUT2D eigenvalue weighted by atomic mass is 16.2. The van der Waals surface area contributed by atoms with Crippen molar-refractivity contribution < 1.29 is 0 Å². The number of aromatic nitrogens is 2. The first-order chi connectivity index (χ1) is 8.67. The second-order valence-electron chi connectivity index (χ2n) is 4.08. The van der Waals surface area contributed by atoms with Gasteiger partial charge < -0.3 is 10.2 Å². The van der Waals surface area contributed by atoms with Gasteiger partial charge in [-0.05, 0) is 13.1 Å². The van der Waals surface area contributed by atoms with Gasteiger partial charge in [0.25, 0.3) is 5.56 Å². The first-order valence-electron chi connectivity index (χ1n) is 6.40. The van der Waals surface area contributed by atoms with Gasteiger partial charge in [-0.3, -0.25) is 14.3 Å². The van der Waals surface area contributed by atoms with E-state index in [1.165, 1.54) is 16.8 Å². The number of rotatable bonds is 8. The first-order valence-corrected chi connectivity index (χ1v) is 6.40. The molecule has 0 aromatic carbocycles. The highest BCUT2D eigenvalue weighted by Crippen LogP contribution is 1.84. The molecule has 1 aromatic heterocycles. The molecule has 1 rings (SSSR count). The Morgan fingerprint density at radius 3 is 2.61 bits per heavy atom. The number of likely N-dealkylation sites (N-methyl/N-ethyl adjacent to an activating group) is 1. The molecule has 0 fully saturated rings. The van der Waals surface area contributed by atoms with Gasteiger partial charge >= 0.3 is 5.69 Å². The number of H-pyrrole nitrogens is 1. The zero-order chi connectivity index (χ0) is 13.4. The normalized spacial score (nSPS) is 11.1. The predicted molar refractivity (Wildman–Crippen MR) is 72.0 cm³/mol. The zero-order valence-electron chi connectivity index (χ0n) is 11.1. The molecule has 0 saturated heterocycles. The third-order valence-corrected chi connectivity index (χ3v) is 2.93. The molecular formula is C12H22N4O2. The van der Waals surface area contributed by atoms with E-state index in [-0.39, 0.29) is 11.2 Å². The quantitative estimate of drug-likeness (QED) is 0.612. The van der Waals surface area contributed by atoms with Crippen LogP contribution in [0.3, 0.4) is 0 Å². The van der Waals surface area contributed by atoms with Gasteiger partial charge in [-0.25, -0.2) is 4.79 Å². The summed E-state index contributed by atoms with van der Waals surface area (Å²) in [5, 5.41) is 3.28. The minimum atomic E-state index is -0.356. The Morgan fingerprint density at radius 1 is 1.28 bits per heavy atom. The third kappa shape index (κ3) is 4.85. The number of nitrogens with one attached hydrogen (secondary N) is 2. The van der Waals surface area contributed by atoms with Crippen LogP contribution in [0.2, 0.25) is 0 Å². The van der Waals surface area contributed by atoms with E-state index in [4.69, 9.17) is 0 Å². The molecule has 1 heterocycles. The fourth-order valence-corrected chi connectivity index (χ4v) is 1.72. The maximum atomic E-state index is 11.4. The second-order valence-corrected chi connectivity index (χ2v) is 4.08. The summed E-state index contributed by atoms with van der Waals surface area (Å²) in [6, 6.07) is 1.36. The van der Waals surface area contributed by atoms with Crippen LogP contribution in [-0.4, -0.2) is 47.2 Å². The fraction of sp³-hybridized carbons (Fsp3) is 0.667. The van der Waals surface area contributed by atoms with Crippen molar-refractivity contribution in [3.8, 4) is 0 Å². The Kier molecular flexibility index (Phi) is 6.38. The molecule has 18 heavy (non-hydrogen) atoms. The third-order valence-electron chi connectivity index (χ3n) is 2.93. The van der Waals surface area contributed by atoms with Crippen LogP contribution < -0.4 is 16.6 Å². The Hall–Kier alpha value is -1.40. The molecule has 1 aromatic rings. The van der Waals surface area contributed by atoms with E-state index in [9.17, 15) is 9.59 Å². The number of aromatic amines is 1. The monoisotopic (exact) mass is 254 g/mol. The lowest BCUT2D eigenvalue weighted by Gasteiger charge is -2.18. The molecule has 0 bridgehead atoms. The fourth-order valence-electron chi connectivity index (χ4n) is 1.72. The molecule has 0 unspecified atom stereocenters. The molecule has 0 aliphatic heterocycles. The minimum absolute atomic E-state index is 0.354. The highest BCUT2D eigenvalue weighted by molar-refractivity contribution is 4.82.